The molecule has 3 nitrogen and oxygen atoms in total. The number of nitrogens with one attached hydrogen (secondary N) is 2. The summed E-state index contributed by atoms with van der Waals surface area (Å²) in [7, 11) is 0. The average molecular weight is 355 g/mol. The molecule has 1 heterocycles. The van der Waals surface area contributed by atoms with E-state index in [0.717, 1.165) is 32.0 Å². The van der Waals surface area contributed by atoms with Crippen LogP contribution in [0.25, 0.3) is 0 Å². The first-order valence-corrected chi connectivity index (χ1v) is 9.59. The van der Waals surface area contributed by atoms with Crippen LogP contribution in [0, 0.1) is 0 Å². The number of rotatable bonds is 5. The first kappa shape index (κ1) is 17.3. The van der Waals surface area contributed by atoms with E-state index in [4.69, 9.17) is 4.99 Å². The molecule has 0 spiro atoms. The topological polar surface area (TPSA) is 36.4 Å². The van der Waals surface area contributed by atoms with Gasteiger partial charge in [-0.05, 0) is 28.7 Å². The lowest BCUT2D eigenvalue weighted by Gasteiger charge is -2.19. The van der Waals surface area contributed by atoms with Gasteiger partial charge in [0.1, 0.15) is 0 Å². The maximum absolute atomic E-state index is 4.70. The Bertz CT molecular complexity index is 848. The van der Waals surface area contributed by atoms with E-state index < -0.39 is 0 Å². The third kappa shape index (κ3) is 4.37. The fourth-order valence-electron chi connectivity index (χ4n) is 3.63. The van der Waals surface area contributed by atoms with E-state index in [1.54, 1.807) is 0 Å². The second-order valence-electron chi connectivity index (χ2n) is 6.88. The van der Waals surface area contributed by atoms with Crippen molar-refractivity contribution in [3.63, 3.8) is 0 Å². The Morgan fingerprint density at radius 1 is 0.778 bits per heavy atom. The molecule has 136 valence electrons. The van der Waals surface area contributed by atoms with Gasteiger partial charge >= 0.3 is 0 Å². The lowest BCUT2D eigenvalue weighted by Crippen LogP contribution is -2.37. The van der Waals surface area contributed by atoms with E-state index >= 15 is 0 Å². The van der Waals surface area contributed by atoms with Gasteiger partial charge in [0.2, 0.25) is 0 Å². The molecular formula is C24H25N3. The van der Waals surface area contributed by atoms with Crippen molar-refractivity contribution in [2.24, 2.45) is 4.99 Å². The van der Waals surface area contributed by atoms with Crippen molar-refractivity contribution in [2.45, 2.75) is 25.4 Å². The summed E-state index contributed by atoms with van der Waals surface area (Å²) in [6.07, 6.45) is 1.02. The van der Waals surface area contributed by atoms with Gasteiger partial charge in [-0.15, -0.1) is 0 Å². The first-order valence-electron chi connectivity index (χ1n) is 9.59. The molecule has 1 aliphatic heterocycles. The highest BCUT2D eigenvalue weighted by atomic mass is 15.2. The zero-order valence-electron chi connectivity index (χ0n) is 15.4. The van der Waals surface area contributed by atoms with E-state index in [1.165, 1.54) is 22.3 Å². The Labute approximate surface area is 161 Å². The minimum absolute atomic E-state index is 0.378. The van der Waals surface area contributed by atoms with Crippen molar-refractivity contribution in [1.29, 1.82) is 0 Å². The SMILES string of the molecule is c1ccc(C(CCNC2=NCc3ccccc3CN2)c2ccccc2)cc1. The van der Waals surface area contributed by atoms with Gasteiger partial charge in [-0.2, -0.15) is 0 Å². The molecule has 0 fully saturated rings. The molecule has 0 radical (unpaired) electrons. The quantitative estimate of drug-likeness (QED) is 0.709. The molecule has 4 rings (SSSR count). The van der Waals surface area contributed by atoms with Crippen LogP contribution in [0.3, 0.4) is 0 Å². The second-order valence-corrected chi connectivity index (χ2v) is 6.88. The molecule has 3 aromatic rings. The predicted molar refractivity (Wildman–Crippen MR) is 112 cm³/mol. The highest BCUT2D eigenvalue weighted by Crippen LogP contribution is 2.27. The Kier molecular flexibility index (Phi) is 5.49. The van der Waals surface area contributed by atoms with Crippen LogP contribution in [0.2, 0.25) is 0 Å². The largest absolute Gasteiger partial charge is 0.356 e. The van der Waals surface area contributed by atoms with Crippen LogP contribution in [-0.2, 0) is 13.1 Å². The number of aliphatic imine (C=N–C) groups is 1. The van der Waals surface area contributed by atoms with E-state index in [9.17, 15) is 0 Å². The fourth-order valence-corrected chi connectivity index (χ4v) is 3.63. The van der Waals surface area contributed by atoms with Crippen molar-refractivity contribution in [3.05, 3.63) is 107 Å². The zero-order chi connectivity index (χ0) is 18.3. The molecule has 0 saturated heterocycles. The van der Waals surface area contributed by atoms with Crippen LogP contribution in [0.4, 0.5) is 0 Å². The van der Waals surface area contributed by atoms with Gasteiger partial charge in [-0.3, -0.25) is 0 Å². The van der Waals surface area contributed by atoms with Crippen LogP contribution in [0.1, 0.15) is 34.6 Å². The van der Waals surface area contributed by atoms with Crippen LogP contribution >= 0.6 is 0 Å². The molecule has 27 heavy (non-hydrogen) atoms. The van der Waals surface area contributed by atoms with Crippen LogP contribution < -0.4 is 10.6 Å². The van der Waals surface area contributed by atoms with Crippen molar-refractivity contribution in [1.82, 2.24) is 10.6 Å². The highest BCUT2D eigenvalue weighted by Gasteiger charge is 2.14. The average Bonchev–Trinajstić information content (AvgIpc) is 2.95. The summed E-state index contributed by atoms with van der Waals surface area (Å²) in [6, 6.07) is 30.0. The second kappa shape index (κ2) is 8.54. The third-order valence-corrected chi connectivity index (χ3v) is 5.10. The fraction of sp³-hybridized carbons (Fsp3) is 0.208. The van der Waals surface area contributed by atoms with Crippen LogP contribution in [0.15, 0.2) is 89.9 Å². The lowest BCUT2D eigenvalue weighted by atomic mass is 9.88. The smallest absolute Gasteiger partial charge is 0.191 e. The highest BCUT2D eigenvalue weighted by molar-refractivity contribution is 5.80. The summed E-state index contributed by atoms with van der Waals surface area (Å²) < 4.78 is 0. The van der Waals surface area contributed by atoms with Gasteiger partial charge in [0.15, 0.2) is 5.96 Å². The molecule has 3 aromatic carbocycles. The maximum atomic E-state index is 4.70. The van der Waals surface area contributed by atoms with Gasteiger partial charge in [0, 0.05) is 19.0 Å². The van der Waals surface area contributed by atoms with Crippen molar-refractivity contribution in [2.75, 3.05) is 6.54 Å². The third-order valence-electron chi connectivity index (χ3n) is 5.10. The Hall–Kier alpha value is -3.07. The van der Waals surface area contributed by atoms with E-state index in [-0.39, 0.29) is 0 Å². The molecule has 0 aromatic heterocycles. The lowest BCUT2D eigenvalue weighted by molar-refractivity contribution is 0.679. The van der Waals surface area contributed by atoms with Gasteiger partial charge in [-0.1, -0.05) is 84.9 Å². The number of hydrogen-bond acceptors (Lipinski definition) is 3. The summed E-state index contributed by atoms with van der Waals surface area (Å²) in [5.74, 6) is 1.27. The summed E-state index contributed by atoms with van der Waals surface area (Å²) in [5, 5.41) is 6.94. The number of guanidine groups is 1. The molecular weight excluding hydrogens is 330 g/mol. The van der Waals surface area contributed by atoms with Crippen LogP contribution in [-0.4, -0.2) is 12.5 Å². The van der Waals surface area contributed by atoms with E-state index in [0.29, 0.717) is 5.92 Å². The summed E-state index contributed by atoms with van der Waals surface area (Å²) in [4.78, 5) is 4.70. The van der Waals surface area contributed by atoms with Crippen LogP contribution in [0.5, 0.6) is 0 Å². The van der Waals surface area contributed by atoms with E-state index in [1.807, 2.05) is 0 Å². The normalized spacial score (nSPS) is 13.3. The van der Waals surface area contributed by atoms with Gasteiger partial charge in [0.05, 0.1) is 6.54 Å². The van der Waals surface area contributed by atoms with Gasteiger partial charge < -0.3 is 10.6 Å². The Morgan fingerprint density at radius 2 is 1.37 bits per heavy atom. The molecule has 0 amide bonds. The van der Waals surface area contributed by atoms with Crippen molar-refractivity contribution in [3.8, 4) is 0 Å². The summed E-state index contributed by atoms with van der Waals surface area (Å²) in [5.41, 5.74) is 5.33. The predicted octanol–water partition coefficient (Wildman–Crippen LogP) is 4.46. The molecule has 2 N–H and O–H groups in total. The summed E-state index contributed by atoms with van der Waals surface area (Å²) >= 11 is 0. The van der Waals surface area contributed by atoms with Crippen molar-refractivity contribution >= 4 is 5.96 Å². The number of benzene rings is 3. The Balaban J connectivity index is 1.41. The minimum atomic E-state index is 0.378. The molecule has 3 heteroatoms. The van der Waals surface area contributed by atoms with E-state index in [2.05, 4.69) is 95.6 Å². The zero-order valence-corrected chi connectivity index (χ0v) is 15.4. The molecule has 0 saturated carbocycles. The maximum Gasteiger partial charge on any atom is 0.191 e. The molecule has 0 unspecified atom stereocenters. The van der Waals surface area contributed by atoms with Crippen molar-refractivity contribution < 1.29 is 0 Å². The molecule has 0 bridgehead atoms. The van der Waals surface area contributed by atoms with Gasteiger partial charge in [-0.25, -0.2) is 4.99 Å². The number of hydrogen-bond donors (Lipinski definition) is 2. The monoisotopic (exact) mass is 355 g/mol. The number of fused-ring (bicyclic) bond motifs is 1. The minimum Gasteiger partial charge on any atom is -0.356 e. The number of nitrogens with zero attached hydrogens (tertiary/aromatic N) is 1. The molecule has 1 aliphatic rings. The molecule has 0 atom stereocenters. The summed E-state index contributed by atoms with van der Waals surface area (Å²) in [6.45, 7) is 2.42. The Morgan fingerprint density at radius 3 is 2.04 bits per heavy atom. The standard InChI is InChI=1S/C24H25N3/c1-3-9-19(10-4-1)23(20-11-5-2-6-12-20)15-16-25-24-26-17-21-13-7-8-14-22(21)18-27-24/h1-14,23H,15-18H2,(H2,25,26,27). The molecule has 0 aliphatic carbocycles. The first-order chi connectivity index (χ1) is 13.4. The van der Waals surface area contributed by atoms with Gasteiger partial charge in [0.25, 0.3) is 0 Å².